The largest absolute Gasteiger partial charge is 0.326 e. The highest BCUT2D eigenvalue weighted by molar-refractivity contribution is 7.89. The molecule has 5 nitrogen and oxygen atoms in total. The maximum absolute atomic E-state index is 12.6. The van der Waals surface area contributed by atoms with E-state index in [1.54, 1.807) is 11.4 Å². The molecular formula is C12H23N3O2S2. The van der Waals surface area contributed by atoms with Gasteiger partial charge in [-0.3, -0.25) is 0 Å². The van der Waals surface area contributed by atoms with E-state index in [0.717, 1.165) is 4.88 Å². The molecule has 1 aromatic rings. The molecule has 0 aliphatic rings. The Morgan fingerprint density at radius 1 is 1.42 bits per heavy atom. The van der Waals surface area contributed by atoms with Gasteiger partial charge in [-0.05, 0) is 27.1 Å². The number of nitrogens with zero attached hydrogens (tertiary/aromatic N) is 2. The van der Waals surface area contributed by atoms with Gasteiger partial charge in [-0.25, -0.2) is 8.42 Å². The second-order valence-electron chi connectivity index (χ2n) is 4.77. The van der Waals surface area contributed by atoms with E-state index in [2.05, 4.69) is 0 Å². The number of hydrogen-bond donors (Lipinski definition) is 1. The molecule has 0 amide bonds. The zero-order valence-electron chi connectivity index (χ0n) is 12.0. The molecule has 1 rings (SSSR count). The van der Waals surface area contributed by atoms with Crippen LogP contribution in [0.1, 0.15) is 18.7 Å². The van der Waals surface area contributed by atoms with E-state index in [0.29, 0.717) is 24.5 Å². The van der Waals surface area contributed by atoms with Crippen molar-refractivity contribution in [3.8, 4) is 0 Å². The Morgan fingerprint density at radius 2 is 2.05 bits per heavy atom. The second-order valence-corrected chi connectivity index (χ2v) is 7.66. The van der Waals surface area contributed by atoms with E-state index in [1.807, 2.05) is 32.8 Å². The molecule has 2 N–H and O–H groups in total. The molecule has 7 heteroatoms. The molecule has 110 valence electrons. The molecule has 0 bridgehead atoms. The zero-order chi connectivity index (χ0) is 14.6. The van der Waals surface area contributed by atoms with Crippen LogP contribution < -0.4 is 5.73 Å². The van der Waals surface area contributed by atoms with Crippen molar-refractivity contribution in [2.75, 3.05) is 27.2 Å². The number of likely N-dealkylation sites (N-methyl/N-ethyl adjacent to an activating group) is 2. The fraction of sp³-hybridized carbons (Fsp3) is 0.667. The summed E-state index contributed by atoms with van der Waals surface area (Å²) < 4.78 is 26.7. The third kappa shape index (κ3) is 4.00. The van der Waals surface area contributed by atoms with Gasteiger partial charge in [0.2, 0.25) is 10.0 Å². The third-order valence-electron chi connectivity index (χ3n) is 2.87. The van der Waals surface area contributed by atoms with Crippen LogP contribution in [0, 0.1) is 0 Å². The van der Waals surface area contributed by atoms with Crippen LogP contribution >= 0.6 is 11.3 Å². The fourth-order valence-electron chi connectivity index (χ4n) is 2.08. The Bertz CT molecular complexity index is 497. The molecule has 0 aliphatic heterocycles. The molecule has 0 spiro atoms. The molecule has 0 aliphatic carbocycles. The van der Waals surface area contributed by atoms with E-state index in [1.165, 1.54) is 15.6 Å². The monoisotopic (exact) mass is 305 g/mol. The SMILES string of the molecule is CCN(C(C)CN(C)C)S(=O)(=O)c1csc(CN)c1. The number of hydrogen-bond acceptors (Lipinski definition) is 5. The highest BCUT2D eigenvalue weighted by Gasteiger charge is 2.28. The van der Waals surface area contributed by atoms with Crippen molar-refractivity contribution in [3.05, 3.63) is 16.3 Å². The predicted octanol–water partition coefficient (Wildman–Crippen LogP) is 1.17. The van der Waals surface area contributed by atoms with E-state index < -0.39 is 10.0 Å². The summed E-state index contributed by atoms with van der Waals surface area (Å²) in [6.45, 7) is 5.32. The van der Waals surface area contributed by atoms with Gasteiger partial charge in [-0.15, -0.1) is 11.3 Å². The van der Waals surface area contributed by atoms with Gasteiger partial charge < -0.3 is 10.6 Å². The van der Waals surface area contributed by atoms with E-state index in [4.69, 9.17) is 5.73 Å². The summed E-state index contributed by atoms with van der Waals surface area (Å²) in [6, 6.07) is 1.61. The zero-order valence-corrected chi connectivity index (χ0v) is 13.6. The van der Waals surface area contributed by atoms with Crippen LogP contribution in [-0.2, 0) is 16.6 Å². The minimum absolute atomic E-state index is 0.0637. The van der Waals surface area contributed by atoms with E-state index in [-0.39, 0.29) is 6.04 Å². The van der Waals surface area contributed by atoms with Crippen molar-refractivity contribution in [3.63, 3.8) is 0 Å². The molecule has 0 fully saturated rings. The second kappa shape index (κ2) is 6.81. The molecule has 1 heterocycles. The van der Waals surface area contributed by atoms with Gasteiger partial charge in [0.05, 0.1) is 4.90 Å². The molecule has 0 saturated carbocycles. The first-order valence-electron chi connectivity index (χ1n) is 6.27. The first-order chi connectivity index (χ1) is 8.82. The lowest BCUT2D eigenvalue weighted by Crippen LogP contribution is -2.43. The Labute approximate surface area is 120 Å². The number of nitrogens with two attached hydrogens (primary N) is 1. The smallest absolute Gasteiger partial charge is 0.244 e. The highest BCUT2D eigenvalue weighted by Crippen LogP contribution is 2.23. The van der Waals surface area contributed by atoms with Crippen LogP contribution in [0.5, 0.6) is 0 Å². The Balaban J connectivity index is 3.01. The summed E-state index contributed by atoms with van der Waals surface area (Å²) in [6.07, 6.45) is 0. The van der Waals surface area contributed by atoms with Crippen LogP contribution in [0.15, 0.2) is 16.3 Å². The van der Waals surface area contributed by atoms with Crippen molar-refractivity contribution >= 4 is 21.4 Å². The van der Waals surface area contributed by atoms with Crippen molar-refractivity contribution in [2.45, 2.75) is 31.3 Å². The van der Waals surface area contributed by atoms with Crippen molar-refractivity contribution in [1.29, 1.82) is 0 Å². The van der Waals surface area contributed by atoms with E-state index >= 15 is 0 Å². The highest BCUT2D eigenvalue weighted by atomic mass is 32.2. The van der Waals surface area contributed by atoms with Crippen LogP contribution in [-0.4, -0.2) is 50.8 Å². The third-order valence-corrected chi connectivity index (χ3v) is 6.05. The maximum atomic E-state index is 12.6. The summed E-state index contributed by atoms with van der Waals surface area (Å²) in [7, 11) is 0.453. The quantitative estimate of drug-likeness (QED) is 0.821. The topological polar surface area (TPSA) is 66.6 Å². The fourth-order valence-corrected chi connectivity index (χ4v) is 4.85. The summed E-state index contributed by atoms with van der Waals surface area (Å²) in [5.74, 6) is 0. The standard InChI is InChI=1S/C12H23N3O2S2/c1-5-15(10(2)8-14(3)4)19(16,17)12-6-11(7-13)18-9-12/h6,9-10H,5,7-8,13H2,1-4H3. The minimum Gasteiger partial charge on any atom is -0.326 e. The average molecular weight is 305 g/mol. The lowest BCUT2D eigenvalue weighted by Gasteiger charge is -2.28. The minimum atomic E-state index is -3.42. The van der Waals surface area contributed by atoms with Crippen LogP contribution in [0.25, 0.3) is 0 Å². The van der Waals surface area contributed by atoms with Gasteiger partial charge in [-0.1, -0.05) is 6.92 Å². The van der Waals surface area contributed by atoms with Crippen LogP contribution in [0.2, 0.25) is 0 Å². The van der Waals surface area contributed by atoms with Crippen LogP contribution in [0.3, 0.4) is 0 Å². The lowest BCUT2D eigenvalue weighted by molar-refractivity contribution is 0.271. The first-order valence-corrected chi connectivity index (χ1v) is 8.59. The van der Waals surface area contributed by atoms with Crippen LogP contribution in [0.4, 0.5) is 0 Å². The molecule has 1 unspecified atom stereocenters. The van der Waals surface area contributed by atoms with Gasteiger partial charge >= 0.3 is 0 Å². The number of rotatable bonds is 7. The Hall–Kier alpha value is -0.470. The van der Waals surface area contributed by atoms with Crippen molar-refractivity contribution in [1.82, 2.24) is 9.21 Å². The molecule has 0 aromatic carbocycles. The summed E-state index contributed by atoms with van der Waals surface area (Å²) in [4.78, 5) is 3.22. The van der Waals surface area contributed by atoms with Gasteiger partial charge in [0.1, 0.15) is 0 Å². The van der Waals surface area contributed by atoms with Gasteiger partial charge in [-0.2, -0.15) is 4.31 Å². The molecule has 1 aromatic heterocycles. The normalized spacial score (nSPS) is 14.3. The summed E-state index contributed by atoms with van der Waals surface area (Å²) >= 11 is 1.39. The predicted molar refractivity (Wildman–Crippen MR) is 79.8 cm³/mol. The molecular weight excluding hydrogens is 282 g/mol. The maximum Gasteiger partial charge on any atom is 0.244 e. The molecule has 1 atom stereocenters. The summed E-state index contributed by atoms with van der Waals surface area (Å²) in [5, 5.41) is 1.67. The molecule has 19 heavy (non-hydrogen) atoms. The van der Waals surface area contributed by atoms with Gasteiger partial charge in [0.25, 0.3) is 0 Å². The first kappa shape index (κ1) is 16.6. The number of thiophene rings is 1. The van der Waals surface area contributed by atoms with Crippen molar-refractivity contribution < 1.29 is 8.42 Å². The molecule has 0 radical (unpaired) electrons. The summed E-state index contributed by atoms with van der Waals surface area (Å²) in [5.41, 5.74) is 5.54. The molecule has 0 saturated heterocycles. The van der Waals surface area contributed by atoms with E-state index in [9.17, 15) is 8.42 Å². The van der Waals surface area contributed by atoms with Gasteiger partial charge in [0, 0.05) is 35.9 Å². The lowest BCUT2D eigenvalue weighted by atomic mass is 10.3. The Kier molecular flexibility index (Phi) is 5.94. The van der Waals surface area contributed by atoms with Gasteiger partial charge in [0.15, 0.2) is 0 Å². The van der Waals surface area contributed by atoms with Crippen molar-refractivity contribution in [2.24, 2.45) is 5.73 Å². The Morgan fingerprint density at radius 3 is 2.47 bits per heavy atom. The average Bonchev–Trinajstić information content (AvgIpc) is 2.77. The number of sulfonamides is 1.